The van der Waals surface area contributed by atoms with Crippen LogP contribution < -0.4 is 15.0 Å². The molecule has 154 valence electrons. The number of ether oxygens (including phenoxy) is 1. The largest absolute Gasteiger partial charge is 0.439 e. The topological polar surface area (TPSA) is 67.4 Å². The molecule has 1 aliphatic rings. The molecule has 1 amide bonds. The molecule has 0 bridgehead atoms. The lowest BCUT2D eigenvalue weighted by Crippen LogP contribution is -2.38. The number of hydrogen-bond donors (Lipinski definition) is 1. The third-order valence-electron chi connectivity index (χ3n) is 5.41. The Balaban J connectivity index is 1.32. The SMILES string of the molecule is CCc1ccc(NC(=O)C2CCN(c3cc(Oc4ccccc4)ncn3)CC2)cc1. The van der Waals surface area contributed by atoms with Crippen molar-refractivity contribution in [2.45, 2.75) is 26.2 Å². The van der Waals surface area contributed by atoms with Crippen molar-refractivity contribution < 1.29 is 9.53 Å². The Hall–Kier alpha value is -3.41. The van der Waals surface area contributed by atoms with Crippen molar-refractivity contribution in [1.82, 2.24) is 9.97 Å². The lowest BCUT2D eigenvalue weighted by molar-refractivity contribution is -0.120. The molecule has 1 N–H and O–H groups in total. The zero-order chi connectivity index (χ0) is 20.8. The smallest absolute Gasteiger partial charge is 0.227 e. The highest BCUT2D eigenvalue weighted by Crippen LogP contribution is 2.26. The summed E-state index contributed by atoms with van der Waals surface area (Å²) in [5.41, 5.74) is 2.12. The predicted octanol–water partition coefficient (Wildman–Crippen LogP) is 4.69. The molecule has 0 atom stereocenters. The number of benzene rings is 2. The van der Waals surface area contributed by atoms with Gasteiger partial charge in [-0.3, -0.25) is 4.79 Å². The van der Waals surface area contributed by atoms with Crippen LogP contribution in [0.2, 0.25) is 0 Å². The molecule has 0 saturated carbocycles. The van der Waals surface area contributed by atoms with E-state index in [1.54, 1.807) is 0 Å². The van der Waals surface area contributed by atoms with Crippen LogP contribution in [0.1, 0.15) is 25.3 Å². The quantitative estimate of drug-likeness (QED) is 0.648. The number of para-hydroxylation sites is 1. The lowest BCUT2D eigenvalue weighted by Gasteiger charge is -2.32. The molecular weight excluding hydrogens is 376 g/mol. The van der Waals surface area contributed by atoms with Crippen molar-refractivity contribution in [3.63, 3.8) is 0 Å². The molecule has 6 nitrogen and oxygen atoms in total. The van der Waals surface area contributed by atoms with Crippen molar-refractivity contribution in [2.24, 2.45) is 5.92 Å². The number of anilines is 2. The molecule has 4 rings (SSSR count). The van der Waals surface area contributed by atoms with Gasteiger partial charge in [-0.15, -0.1) is 0 Å². The number of aromatic nitrogens is 2. The van der Waals surface area contributed by atoms with Gasteiger partial charge in [0.05, 0.1) is 0 Å². The summed E-state index contributed by atoms with van der Waals surface area (Å²) >= 11 is 0. The second-order valence-corrected chi connectivity index (χ2v) is 7.43. The number of carbonyl (C=O) groups excluding carboxylic acids is 1. The number of carbonyl (C=O) groups is 1. The third kappa shape index (κ3) is 4.95. The second-order valence-electron chi connectivity index (χ2n) is 7.43. The maximum absolute atomic E-state index is 12.6. The van der Waals surface area contributed by atoms with Crippen LogP contribution in [-0.4, -0.2) is 29.0 Å². The monoisotopic (exact) mass is 402 g/mol. The van der Waals surface area contributed by atoms with Crippen molar-refractivity contribution >= 4 is 17.4 Å². The summed E-state index contributed by atoms with van der Waals surface area (Å²) in [6, 6.07) is 19.5. The Morgan fingerprint density at radius 2 is 1.80 bits per heavy atom. The van der Waals surface area contributed by atoms with E-state index in [4.69, 9.17) is 4.74 Å². The molecule has 0 unspecified atom stereocenters. The lowest BCUT2D eigenvalue weighted by atomic mass is 9.95. The Morgan fingerprint density at radius 1 is 1.07 bits per heavy atom. The van der Waals surface area contributed by atoms with Crippen molar-refractivity contribution in [3.05, 3.63) is 72.6 Å². The number of amides is 1. The zero-order valence-electron chi connectivity index (χ0n) is 17.1. The van der Waals surface area contributed by atoms with E-state index in [-0.39, 0.29) is 11.8 Å². The van der Waals surface area contributed by atoms with Gasteiger partial charge < -0.3 is 15.0 Å². The van der Waals surface area contributed by atoms with E-state index in [2.05, 4.69) is 39.2 Å². The molecule has 0 radical (unpaired) electrons. The first-order chi connectivity index (χ1) is 14.7. The van der Waals surface area contributed by atoms with Gasteiger partial charge in [0.1, 0.15) is 17.9 Å². The first-order valence-corrected chi connectivity index (χ1v) is 10.4. The van der Waals surface area contributed by atoms with E-state index >= 15 is 0 Å². The van der Waals surface area contributed by atoms with Crippen LogP contribution in [0.3, 0.4) is 0 Å². The molecular formula is C24H26N4O2. The molecule has 2 heterocycles. The first-order valence-electron chi connectivity index (χ1n) is 10.4. The molecule has 6 heteroatoms. The van der Waals surface area contributed by atoms with Crippen LogP contribution in [0.5, 0.6) is 11.6 Å². The van der Waals surface area contributed by atoms with Gasteiger partial charge in [0.15, 0.2) is 0 Å². The normalized spacial score (nSPS) is 14.4. The molecule has 3 aromatic rings. The Kier molecular flexibility index (Phi) is 6.23. The number of nitrogens with zero attached hydrogens (tertiary/aromatic N) is 3. The number of rotatable bonds is 6. The van der Waals surface area contributed by atoms with Gasteiger partial charge in [-0.1, -0.05) is 37.3 Å². The molecule has 0 spiro atoms. The summed E-state index contributed by atoms with van der Waals surface area (Å²) in [5.74, 6) is 2.18. The number of nitrogens with one attached hydrogen (secondary N) is 1. The van der Waals surface area contributed by atoms with Crippen LogP contribution in [-0.2, 0) is 11.2 Å². The first kappa shape index (κ1) is 19.9. The molecule has 2 aromatic carbocycles. The number of hydrogen-bond acceptors (Lipinski definition) is 5. The van der Waals surface area contributed by atoms with Gasteiger partial charge in [0.2, 0.25) is 11.8 Å². The highest BCUT2D eigenvalue weighted by atomic mass is 16.5. The van der Waals surface area contributed by atoms with Crippen LogP contribution in [0, 0.1) is 5.92 Å². The highest BCUT2D eigenvalue weighted by Gasteiger charge is 2.26. The minimum atomic E-state index is 0.00831. The zero-order valence-corrected chi connectivity index (χ0v) is 17.1. The van der Waals surface area contributed by atoms with Gasteiger partial charge in [-0.2, -0.15) is 0 Å². The van der Waals surface area contributed by atoms with E-state index in [1.807, 2.05) is 48.5 Å². The van der Waals surface area contributed by atoms with Gasteiger partial charge in [-0.05, 0) is 49.1 Å². The Labute approximate surface area is 176 Å². The van der Waals surface area contributed by atoms with Gasteiger partial charge in [0, 0.05) is 30.8 Å². The molecule has 30 heavy (non-hydrogen) atoms. The van der Waals surface area contributed by atoms with Crippen LogP contribution in [0.4, 0.5) is 11.5 Å². The third-order valence-corrected chi connectivity index (χ3v) is 5.41. The summed E-state index contributed by atoms with van der Waals surface area (Å²) in [4.78, 5) is 23.4. The van der Waals surface area contributed by atoms with Crippen LogP contribution in [0.15, 0.2) is 67.0 Å². The van der Waals surface area contributed by atoms with E-state index < -0.39 is 0 Å². The van der Waals surface area contributed by atoms with Gasteiger partial charge in [-0.25, -0.2) is 9.97 Å². The predicted molar refractivity (Wildman–Crippen MR) is 118 cm³/mol. The molecule has 1 aliphatic heterocycles. The minimum Gasteiger partial charge on any atom is -0.439 e. The number of aryl methyl sites for hydroxylation is 1. The molecule has 1 saturated heterocycles. The Morgan fingerprint density at radius 3 is 2.50 bits per heavy atom. The maximum atomic E-state index is 12.6. The van der Waals surface area contributed by atoms with Crippen LogP contribution >= 0.6 is 0 Å². The standard InChI is InChI=1S/C24H26N4O2/c1-2-18-8-10-20(11-9-18)27-24(29)19-12-14-28(15-13-19)22-16-23(26-17-25-22)30-21-6-4-3-5-7-21/h3-11,16-17,19H,2,12-15H2,1H3,(H,27,29). The van der Waals surface area contributed by atoms with E-state index in [1.165, 1.54) is 11.9 Å². The average molecular weight is 402 g/mol. The minimum absolute atomic E-state index is 0.00831. The highest BCUT2D eigenvalue weighted by molar-refractivity contribution is 5.92. The fourth-order valence-corrected chi connectivity index (χ4v) is 3.61. The molecule has 1 fully saturated rings. The summed E-state index contributed by atoms with van der Waals surface area (Å²) < 4.78 is 5.81. The van der Waals surface area contributed by atoms with E-state index in [0.717, 1.165) is 49.6 Å². The summed E-state index contributed by atoms with van der Waals surface area (Å²) in [7, 11) is 0. The second kappa shape index (κ2) is 9.39. The van der Waals surface area contributed by atoms with E-state index in [0.29, 0.717) is 5.88 Å². The van der Waals surface area contributed by atoms with E-state index in [9.17, 15) is 4.79 Å². The fourth-order valence-electron chi connectivity index (χ4n) is 3.61. The number of piperidine rings is 1. The summed E-state index contributed by atoms with van der Waals surface area (Å²) in [6.07, 6.45) is 4.09. The van der Waals surface area contributed by atoms with Crippen molar-refractivity contribution in [1.29, 1.82) is 0 Å². The van der Waals surface area contributed by atoms with Crippen molar-refractivity contribution in [3.8, 4) is 11.6 Å². The average Bonchev–Trinajstić information content (AvgIpc) is 2.80. The van der Waals surface area contributed by atoms with Gasteiger partial charge in [0.25, 0.3) is 0 Å². The Bertz CT molecular complexity index is 968. The molecule has 1 aromatic heterocycles. The van der Waals surface area contributed by atoms with Crippen molar-refractivity contribution in [2.75, 3.05) is 23.3 Å². The van der Waals surface area contributed by atoms with Gasteiger partial charge >= 0.3 is 0 Å². The van der Waals surface area contributed by atoms with Crippen LogP contribution in [0.25, 0.3) is 0 Å². The molecule has 0 aliphatic carbocycles. The summed E-state index contributed by atoms with van der Waals surface area (Å²) in [5, 5.41) is 3.05. The maximum Gasteiger partial charge on any atom is 0.227 e. The fraction of sp³-hybridized carbons (Fsp3) is 0.292. The summed E-state index contributed by atoms with van der Waals surface area (Å²) in [6.45, 7) is 3.67.